The summed E-state index contributed by atoms with van der Waals surface area (Å²) >= 11 is 0. The van der Waals surface area contributed by atoms with Gasteiger partial charge in [-0.3, -0.25) is 0 Å². The highest BCUT2D eigenvalue weighted by Gasteiger charge is 2.21. The van der Waals surface area contributed by atoms with Crippen molar-refractivity contribution in [2.24, 2.45) is 0 Å². The van der Waals surface area contributed by atoms with Gasteiger partial charge in [0.25, 0.3) is 0 Å². The van der Waals surface area contributed by atoms with Crippen molar-refractivity contribution in [3.8, 4) is 22.4 Å². The van der Waals surface area contributed by atoms with Crippen molar-refractivity contribution in [3.05, 3.63) is 59.9 Å². The monoisotopic (exact) mass is 290 g/mol. The summed E-state index contributed by atoms with van der Waals surface area (Å²) in [5.74, 6) is -2.67. The van der Waals surface area contributed by atoms with Gasteiger partial charge < -0.3 is 10.3 Å². The molecule has 2 N–H and O–H groups in total. The van der Waals surface area contributed by atoms with Gasteiger partial charge in [0.1, 0.15) is 11.5 Å². The summed E-state index contributed by atoms with van der Waals surface area (Å²) in [6.45, 7) is 0. The molecule has 0 amide bonds. The van der Waals surface area contributed by atoms with Gasteiger partial charge in [-0.25, -0.2) is 13.2 Å². The maximum Gasteiger partial charge on any atom is 0.230 e. The fourth-order valence-electron chi connectivity index (χ4n) is 2.10. The second-order valence-corrected chi connectivity index (χ2v) is 4.38. The van der Waals surface area contributed by atoms with Crippen molar-refractivity contribution in [1.82, 2.24) is 5.16 Å². The van der Waals surface area contributed by atoms with Crippen LogP contribution in [-0.2, 0) is 0 Å². The van der Waals surface area contributed by atoms with E-state index in [4.69, 9.17) is 10.3 Å². The molecule has 0 aliphatic heterocycles. The molecule has 0 bridgehead atoms. The van der Waals surface area contributed by atoms with E-state index in [1.54, 1.807) is 6.07 Å². The van der Waals surface area contributed by atoms with Crippen LogP contribution >= 0.6 is 0 Å². The van der Waals surface area contributed by atoms with Crippen LogP contribution in [-0.4, -0.2) is 5.16 Å². The van der Waals surface area contributed by atoms with Crippen LogP contribution in [0.1, 0.15) is 0 Å². The molecule has 0 fully saturated rings. The normalized spacial score (nSPS) is 10.8. The maximum atomic E-state index is 13.9. The lowest BCUT2D eigenvalue weighted by Crippen LogP contribution is -1.92. The number of hydrogen-bond donors (Lipinski definition) is 1. The molecule has 0 spiro atoms. The Labute approximate surface area is 117 Å². The van der Waals surface area contributed by atoms with Crippen molar-refractivity contribution in [3.63, 3.8) is 0 Å². The molecular weight excluding hydrogens is 281 g/mol. The Kier molecular flexibility index (Phi) is 3.13. The van der Waals surface area contributed by atoms with E-state index < -0.39 is 17.5 Å². The van der Waals surface area contributed by atoms with Crippen molar-refractivity contribution in [2.75, 3.05) is 5.73 Å². The molecule has 6 heteroatoms. The van der Waals surface area contributed by atoms with Crippen LogP contribution in [0.4, 0.5) is 19.1 Å². The molecule has 1 aromatic heterocycles. The first-order valence-electron chi connectivity index (χ1n) is 6.03. The molecule has 3 rings (SSSR count). The molecule has 0 saturated carbocycles. The summed E-state index contributed by atoms with van der Waals surface area (Å²) < 4.78 is 45.4. The number of anilines is 1. The van der Waals surface area contributed by atoms with Crippen LogP contribution in [0.2, 0.25) is 0 Å². The third-order valence-corrected chi connectivity index (χ3v) is 3.04. The number of nitrogen functional groups attached to an aromatic ring is 1. The van der Waals surface area contributed by atoms with Crippen LogP contribution < -0.4 is 5.73 Å². The van der Waals surface area contributed by atoms with Gasteiger partial charge in [-0.15, -0.1) is 0 Å². The van der Waals surface area contributed by atoms with Crippen LogP contribution in [0.15, 0.2) is 47.0 Å². The van der Waals surface area contributed by atoms with Crippen LogP contribution in [0.3, 0.4) is 0 Å². The fraction of sp³-hybridized carbons (Fsp3) is 0. The standard InChI is InChI=1S/C15H9F3N2O/c16-9-4-1-3-8(7-9)12-14(20-21-15(12)19)10-5-2-6-11(17)13(10)18/h1-7H,19H2. The zero-order chi connectivity index (χ0) is 15.0. The first-order valence-corrected chi connectivity index (χ1v) is 6.03. The number of hydrogen-bond acceptors (Lipinski definition) is 3. The Hall–Kier alpha value is -2.76. The highest BCUT2D eigenvalue weighted by Crippen LogP contribution is 2.37. The first kappa shape index (κ1) is 13.2. The SMILES string of the molecule is Nc1onc(-c2cccc(F)c2F)c1-c1cccc(F)c1. The molecule has 21 heavy (non-hydrogen) atoms. The molecule has 0 radical (unpaired) electrons. The van der Waals surface area contributed by atoms with E-state index in [0.29, 0.717) is 5.56 Å². The van der Waals surface area contributed by atoms with Gasteiger partial charge in [-0.2, -0.15) is 0 Å². The summed E-state index contributed by atoms with van der Waals surface area (Å²) in [6.07, 6.45) is 0. The van der Waals surface area contributed by atoms with E-state index in [9.17, 15) is 13.2 Å². The summed E-state index contributed by atoms with van der Waals surface area (Å²) in [5, 5.41) is 3.66. The molecule has 0 atom stereocenters. The van der Waals surface area contributed by atoms with E-state index in [1.165, 1.54) is 30.3 Å². The van der Waals surface area contributed by atoms with Gasteiger partial charge in [0.2, 0.25) is 5.88 Å². The van der Waals surface area contributed by atoms with Gasteiger partial charge in [-0.05, 0) is 29.8 Å². The minimum Gasteiger partial charge on any atom is -0.367 e. The lowest BCUT2D eigenvalue weighted by atomic mass is 10.0. The van der Waals surface area contributed by atoms with E-state index in [2.05, 4.69) is 5.16 Å². The molecular formula is C15H9F3N2O. The molecule has 0 aliphatic carbocycles. The maximum absolute atomic E-state index is 13.9. The Morgan fingerprint density at radius 2 is 1.76 bits per heavy atom. The van der Waals surface area contributed by atoms with Crippen LogP contribution in [0.5, 0.6) is 0 Å². The molecule has 3 nitrogen and oxygen atoms in total. The summed E-state index contributed by atoms with van der Waals surface area (Å²) in [6, 6.07) is 9.20. The lowest BCUT2D eigenvalue weighted by molar-refractivity contribution is 0.438. The number of rotatable bonds is 2. The summed E-state index contributed by atoms with van der Waals surface area (Å²) in [5.41, 5.74) is 6.19. The predicted molar refractivity (Wildman–Crippen MR) is 71.7 cm³/mol. The fourth-order valence-corrected chi connectivity index (χ4v) is 2.10. The van der Waals surface area contributed by atoms with Crippen molar-refractivity contribution < 1.29 is 17.7 Å². The Balaban J connectivity index is 2.24. The van der Waals surface area contributed by atoms with E-state index in [0.717, 1.165) is 6.07 Å². The molecule has 0 aliphatic rings. The molecule has 2 aromatic carbocycles. The van der Waals surface area contributed by atoms with Gasteiger partial charge >= 0.3 is 0 Å². The average molecular weight is 290 g/mol. The molecule has 3 aromatic rings. The predicted octanol–water partition coefficient (Wildman–Crippen LogP) is 4.01. The zero-order valence-electron chi connectivity index (χ0n) is 10.6. The van der Waals surface area contributed by atoms with E-state index in [1.807, 2.05) is 0 Å². The number of nitrogens with two attached hydrogens (primary N) is 1. The zero-order valence-corrected chi connectivity index (χ0v) is 10.6. The largest absolute Gasteiger partial charge is 0.367 e. The average Bonchev–Trinajstić information content (AvgIpc) is 2.83. The number of benzene rings is 2. The highest BCUT2D eigenvalue weighted by molar-refractivity contribution is 5.86. The third kappa shape index (κ3) is 2.24. The van der Waals surface area contributed by atoms with E-state index >= 15 is 0 Å². The molecule has 0 saturated heterocycles. The van der Waals surface area contributed by atoms with Gasteiger partial charge in [0.05, 0.1) is 5.56 Å². The minimum atomic E-state index is -1.07. The second kappa shape index (κ2) is 4.97. The number of halogens is 3. The number of aromatic nitrogens is 1. The van der Waals surface area contributed by atoms with Gasteiger partial charge in [-0.1, -0.05) is 23.4 Å². The first-order chi connectivity index (χ1) is 10.1. The van der Waals surface area contributed by atoms with Crippen molar-refractivity contribution in [1.29, 1.82) is 0 Å². The van der Waals surface area contributed by atoms with Crippen molar-refractivity contribution in [2.45, 2.75) is 0 Å². The van der Waals surface area contributed by atoms with Crippen LogP contribution in [0, 0.1) is 17.5 Å². The second-order valence-electron chi connectivity index (χ2n) is 4.38. The quantitative estimate of drug-likeness (QED) is 0.776. The Bertz CT molecular complexity index is 814. The smallest absolute Gasteiger partial charge is 0.230 e. The number of nitrogens with zero attached hydrogens (tertiary/aromatic N) is 1. The summed E-state index contributed by atoms with van der Waals surface area (Å²) in [4.78, 5) is 0. The minimum absolute atomic E-state index is 0.0232. The van der Waals surface area contributed by atoms with Crippen molar-refractivity contribution >= 4 is 5.88 Å². The topological polar surface area (TPSA) is 52.0 Å². The Morgan fingerprint density at radius 1 is 1.00 bits per heavy atom. The van der Waals surface area contributed by atoms with Gasteiger partial charge in [0.15, 0.2) is 11.6 Å². The lowest BCUT2D eigenvalue weighted by Gasteiger charge is -2.04. The van der Waals surface area contributed by atoms with E-state index in [-0.39, 0.29) is 22.7 Å². The Morgan fingerprint density at radius 3 is 2.52 bits per heavy atom. The van der Waals surface area contributed by atoms with Crippen LogP contribution in [0.25, 0.3) is 22.4 Å². The summed E-state index contributed by atoms with van der Waals surface area (Å²) in [7, 11) is 0. The molecule has 0 unspecified atom stereocenters. The molecule has 1 heterocycles. The third-order valence-electron chi connectivity index (χ3n) is 3.04. The van der Waals surface area contributed by atoms with Gasteiger partial charge in [0, 0.05) is 5.56 Å². The molecule has 106 valence electrons. The highest BCUT2D eigenvalue weighted by atomic mass is 19.2.